The maximum absolute atomic E-state index is 11.9. The maximum Gasteiger partial charge on any atom is 0.261 e. The first-order valence-corrected chi connectivity index (χ1v) is 8.61. The third-order valence-corrected chi connectivity index (χ3v) is 5.07. The number of halogens is 1. The van der Waals surface area contributed by atoms with Gasteiger partial charge in [0.25, 0.3) is 5.91 Å². The number of thiophene rings is 1. The molecule has 1 aliphatic carbocycles. The molecule has 1 aromatic heterocycles. The standard InChI is InChI=1S/C13H18INOS/c14-7-3-4-8-15-13(16)12-9-10-5-1-2-6-11(10)17-12/h9H,1-8H2,(H,15,16). The van der Waals surface area contributed by atoms with Crippen LogP contribution < -0.4 is 5.32 Å². The number of aryl methyl sites for hydroxylation is 2. The van der Waals surface area contributed by atoms with E-state index < -0.39 is 0 Å². The normalized spacial score (nSPS) is 14.4. The summed E-state index contributed by atoms with van der Waals surface area (Å²) in [5.41, 5.74) is 1.42. The molecule has 0 atom stereocenters. The van der Waals surface area contributed by atoms with Gasteiger partial charge in [-0.3, -0.25) is 4.79 Å². The van der Waals surface area contributed by atoms with Crippen LogP contribution in [0.5, 0.6) is 0 Å². The molecule has 1 aliphatic rings. The summed E-state index contributed by atoms with van der Waals surface area (Å²) in [6.45, 7) is 0.810. The number of carbonyl (C=O) groups excluding carboxylic acids is 1. The Hall–Kier alpha value is -0.100. The smallest absolute Gasteiger partial charge is 0.261 e. The zero-order valence-electron chi connectivity index (χ0n) is 9.93. The highest BCUT2D eigenvalue weighted by molar-refractivity contribution is 14.1. The van der Waals surface area contributed by atoms with Crippen molar-refractivity contribution in [2.75, 3.05) is 11.0 Å². The lowest BCUT2D eigenvalue weighted by molar-refractivity contribution is 0.0957. The van der Waals surface area contributed by atoms with Crippen molar-refractivity contribution in [3.05, 3.63) is 21.4 Å². The molecule has 0 radical (unpaired) electrons. The highest BCUT2D eigenvalue weighted by Crippen LogP contribution is 2.29. The largest absolute Gasteiger partial charge is 0.351 e. The lowest BCUT2D eigenvalue weighted by Crippen LogP contribution is -2.23. The molecular weight excluding hydrogens is 345 g/mol. The Bertz CT molecular complexity index is 365. The fourth-order valence-corrected chi connectivity index (χ4v) is 3.82. The molecule has 94 valence electrons. The second-order valence-corrected chi connectivity index (χ2v) is 6.63. The minimum absolute atomic E-state index is 0.123. The molecule has 0 bridgehead atoms. The summed E-state index contributed by atoms with van der Waals surface area (Å²) in [7, 11) is 0. The number of fused-ring (bicyclic) bond motifs is 1. The topological polar surface area (TPSA) is 29.1 Å². The Balaban J connectivity index is 1.88. The quantitative estimate of drug-likeness (QED) is 0.484. The number of nitrogens with one attached hydrogen (secondary N) is 1. The molecule has 17 heavy (non-hydrogen) atoms. The van der Waals surface area contributed by atoms with Gasteiger partial charge < -0.3 is 5.32 Å². The van der Waals surface area contributed by atoms with Crippen molar-refractivity contribution in [3.63, 3.8) is 0 Å². The Morgan fingerprint density at radius 2 is 2.18 bits per heavy atom. The van der Waals surface area contributed by atoms with Gasteiger partial charge in [0.2, 0.25) is 0 Å². The fraction of sp³-hybridized carbons (Fsp3) is 0.615. The zero-order chi connectivity index (χ0) is 12.1. The molecular formula is C13H18INOS. The number of hydrogen-bond acceptors (Lipinski definition) is 2. The van der Waals surface area contributed by atoms with Crippen LogP contribution in [-0.4, -0.2) is 16.9 Å². The average molecular weight is 363 g/mol. The van der Waals surface area contributed by atoms with Crippen molar-refractivity contribution in [1.82, 2.24) is 5.32 Å². The van der Waals surface area contributed by atoms with Crippen LogP contribution in [0.25, 0.3) is 0 Å². The van der Waals surface area contributed by atoms with E-state index in [4.69, 9.17) is 0 Å². The van der Waals surface area contributed by atoms with Crippen LogP contribution in [0.3, 0.4) is 0 Å². The number of alkyl halides is 1. The lowest BCUT2D eigenvalue weighted by atomic mass is 9.99. The van der Waals surface area contributed by atoms with Crippen LogP contribution in [0.1, 0.15) is 45.8 Å². The van der Waals surface area contributed by atoms with Gasteiger partial charge >= 0.3 is 0 Å². The van der Waals surface area contributed by atoms with Gasteiger partial charge in [0.05, 0.1) is 4.88 Å². The van der Waals surface area contributed by atoms with E-state index in [2.05, 4.69) is 34.0 Å². The van der Waals surface area contributed by atoms with Gasteiger partial charge in [0, 0.05) is 11.4 Å². The van der Waals surface area contributed by atoms with E-state index in [9.17, 15) is 4.79 Å². The van der Waals surface area contributed by atoms with Gasteiger partial charge in [-0.2, -0.15) is 0 Å². The summed E-state index contributed by atoms with van der Waals surface area (Å²) >= 11 is 4.06. The van der Waals surface area contributed by atoms with Crippen LogP contribution in [-0.2, 0) is 12.8 Å². The Morgan fingerprint density at radius 1 is 1.35 bits per heavy atom. The molecule has 0 saturated heterocycles. The molecule has 0 aromatic carbocycles. The average Bonchev–Trinajstić information content (AvgIpc) is 2.78. The molecule has 4 heteroatoms. The molecule has 1 amide bonds. The molecule has 0 fully saturated rings. The molecule has 0 aliphatic heterocycles. The van der Waals surface area contributed by atoms with Crippen LogP contribution in [0.15, 0.2) is 6.07 Å². The maximum atomic E-state index is 11.9. The first-order chi connectivity index (χ1) is 8.31. The molecule has 1 N–H and O–H groups in total. The van der Waals surface area contributed by atoms with Crippen molar-refractivity contribution in [2.45, 2.75) is 38.5 Å². The first kappa shape index (κ1) is 13.3. The molecule has 1 aromatic rings. The van der Waals surface area contributed by atoms with Gasteiger partial charge in [-0.05, 0) is 54.6 Å². The Morgan fingerprint density at radius 3 is 2.94 bits per heavy atom. The molecule has 2 nitrogen and oxygen atoms in total. The van der Waals surface area contributed by atoms with Gasteiger partial charge in [-0.25, -0.2) is 0 Å². The monoisotopic (exact) mass is 363 g/mol. The number of unbranched alkanes of at least 4 members (excludes halogenated alkanes) is 1. The van der Waals surface area contributed by atoms with E-state index in [1.165, 1.54) is 40.6 Å². The van der Waals surface area contributed by atoms with Crippen LogP contribution in [0.4, 0.5) is 0 Å². The van der Waals surface area contributed by atoms with Crippen molar-refractivity contribution in [2.24, 2.45) is 0 Å². The Kier molecular flexibility index (Phi) is 5.28. The number of amides is 1. The molecule has 1 heterocycles. The van der Waals surface area contributed by atoms with Crippen molar-refractivity contribution < 1.29 is 4.79 Å². The predicted octanol–water partition coefficient (Wildman–Crippen LogP) is 3.57. The van der Waals surface area contributed by atoms with Gasteiger partial charge in [-0.15, -0.1) is 11.3 Å². The summed E-state index contributed by atoms with van der Waals surface area (Å²) in [6.07, 6.45) is 7.16. The van der Waals surface area contributed by atoms with E-state index in [0.29, 0.717) is 0 Å². The van der Waals surface area contributed by atoms with Crippen molar-refractivity contribution >= 4 is 39.8 Å². The fourth-order valence-electron chi connectivity index (χ4n) is 2.11. The van der Waals surface area contributed by atoms with E-state index >= 15 is 0 Å². The van der Waals surface area contributed by atoms with Crippen molar-refractivity contribution in [3.8, 4) is 0 Å². The minimum Gasteiger partial charge on any atom is -0.351 e. The van der Waals surface area contributed by atoms with E-state index in [0.717, 1.165) is 24.3 Å². The minimum atomic E-state index is 0.123. The summed E-state index contributed by atoms with van der Waals surface area (Å²) in [6, 6.07) is 2.10. The van der Waals surface area contributed by atoms with Crippen LogP contribution in [0, 0.1) is 0 Å². The summed E-state index contributed by atoms with van der Waals surface area (Å²) < 4.78 is 1.17. The van der Waals surface area contributed by atoms with Gasteiger partial charge in [-0.1, -0.05) is 22.6 Å². The SMILES string of the molecule is O=C(NCCCCI)c1cc2c(s1)CCCC2. The van der Waals surface area contributed by atoms with E-state index in [-0.39, 0.29) is 5.91 Å². The molecule has 0 spiro atoms. The summed E-state index contributed by atoms with van der Waals surface area (Å²) in [5, 5.41) is 3.01. The van der Waals surface area contributed by atoms with Gasteiger partial charge in [0.15, 0.2) is 0 Å². The van der Waals surface area contributed by atoms with E-state index in [1.54, 1.807) is 11.3 Å². The summed E-state index contributed by atoms with van der Waals surface area (Å²) in [4.78, 5) is 14.3. The first-order valence-electron chi connectivity index (χ1n) is 6.27. The third-order valence-electron chi connectivity index (χ3n) is 3.07. The Labute approximate surface area is 120 Å². The second kappa shape index (κ2) is 6.73. The lowest BCUT2D eigenvalue weighted by Gasteiger charge is -2.08. The summed E-state index contributed by atoms with van der Waals surface area (Å²) in [5.74, 6) is 0.123. The second-order valence-electron chi connectivity index (χ2n) is 4.42. The number of carbonyl (C=O) groups is 1. The van der Waals surface area contributed by atoms with E-state index in [1.807, 2.05) is 0 Å². The third kappa shape index (κ3) is 3.68. The highest BCUT2D eigenvalue weighted by atomic mass is 127. The number of rotatable bonds is 5. The van der Waals surface area contributed by atoms with Gasteiger partial charge in [0.1, 0.15) is 0 Å². The molecule has 2 rings (SSSR count). The molecule has 0 saturated carbocycles. The predicted molar refractivity (Wildman–Crippen MR) is 81.4 cm³/mol. The van der Waals surface area contributed by atoms with Crippen LogP contribution >= 0.6 is 33.9 Å². The van der Waals surface area contributed by atoms with Crippen LogP contribution in [0.2, 0.25) is 0 Å². The highest BCUT2D eigenvalue weighted by Gasteiger charge is 2.16. The number of hydrogen-bond donors (Lipinski definition) is 1. The molecule has 0 unspecified atom stereocenters. The van der Waals surface area contributed by atoms with Crippen molar-refractivity contribution in [1.29, 1.82) is 0 Å². The zero-order valence-corrected chi connectivity index (χ0v) is 12.9.